The molecule has 1 saturated heterocycles. The first-order valence-electron chi connectivity index (χ1n) is 9.79. The van der Waals surface area contributed by atoms with E-state index in [2.05, 4.69) is 44.7 Å². The predicted molar refractivity (Wildman–Crippen MR) is 113 cm³/mol. The molecule has 0 radical (unpaired) electrons. The van der Waals surface area contributed by atoms with Gasteiger partial charge in [-0.2, -0.15) is 5.10 Å². The van der Waals surface area contributed by atoms with E-state index in [0.717, 1.165) is 36.6 Å². The van der Waals surface area contributed by atoms with Crippen LogP contribution in [0.3, 0.4) is 0 Å². The minimum atomic E-state index is 0.513. The van der Waals surface area contributed by atoms with Gasteiger partial charge in [-0.25, -0.2) is 0 Å². The summed E-state index contributed by atoms with van der Waals surface area (Å²) in [5.74, 6) is 2.37. The van der Waals surface area contributed by atoms with Gasteiger partial charge >= 0.3 is 0 Å². The van der Waals surface area contributed by atoms with E-state index in [1.54, 1.807) is 0 Å². The van der Waals surface area contributed by atoms with E-state index in [4.69, 9.17) is 4.74 Å². The lowest BCUT2D eigenvalue weighted by Gasteiger charge is -2.21. The van der Waals surface area contributed by atoms with Gasteiger partial charge in [0.2, 0.25) is 0 Å². The van der Waals surface area contributed by atoms with Crippen molar-refractivity contribution < 1.29 is 4.74 Å². The number of aromatic nitrogens is 2. The van der Waals surface area contributed by atoms with Crippen molar-refractivity contribution in [1.82, 2.24) is 20.0 Å². The smallest absolute Gasteiger partial charge is 0.193 e. The van der Waals surface area contributed by atoms with Crippen molar-refractivity contribution in [2.45, 2.75) is 12.3 Å². The van der Waals surface area contributed by atoms with Crippen molar-refractivity contribution in [3.63, 3.8) is 0 Å². The topological polar surface area (TPSA) is 54.7 Å². The molecule has 0 spiro atoms. The zero-order valence-electron chi connectivity index (χ0n) is 16.5. The molecular weight excluding hydrogens is 350 g/mol. The van der Waals surface area contributed by atoms with Crippen LogP contribution in [0.5, 0.6) is 5.75 Å². The minimum absolute atomic E-state index is 0.513. The number of hydrogen-bond donors (Lipinski definition) is 1. The number of fused-ring (bicyclic) bond motifs is 1. The van der Waals surface area contributed by atoms with Crippen LogP contribution in [0.15, 0.2) is 59.9 Å². The van der Waals surface area contributed by atoms with Gasteiger partial charge in [-0.1, -0.05) is 36.4 Å². The molecule has 0 amide bonds. The van der Waals surface area contributed by atoms with E-state index >= 15 is 0 Å². The first-order valence-corrected chi connectivity index (χ1v) is 9.79. The molecule has 1 unspecified atom stereocenters. The summed E-state index contributed by atoms with van der Waals surface area (Å²) in [6, 6.07) is 14.5. The molecule has 2 heterocycles. The summed E-state index contributed by atoms with van der Waals surface area (Å²) in [6.45, 7) is 3.27. The summed E-state index contributed by atoms with van der Waals surface area (Å²) in [5, 5.41) is 10.1. The maximum Gasteiger partial charge on any atom is 0.193 e. The third-order valence-corrected chi connectivity index (χ3v) is 5.29. The number of rotatable bonds is 5. The Morgan fingerprint density at radius 2 is 2.11 bits per heavy atom. The number of guanidine groups is 1. The second kappa shape index (κ2) is 8.33. The second-order valence-corrected chi connectivity index (χ2v) is 7.18. The normalized spacial score (nSPS) is 17.3. The van der Waals surface area contributed by atoms with Gasteiger partial charge in [0.25, 0.3) is 0 Å². The van der Waals surface area contributed by atoms with Crippen LogP contribution in [0.2, 0.25) is 0 Å². The highest BCUT2D eigenvalue weighted by Gasteiger charge is 2.26. The van der Waals surface area contributed by atoms with Crippen molar-refractivity contribution in [2.75, 3.05) is 33.3 Å². The van der Waals surface area contributed by atoms with Gasteiger partial charge in [0.15, 0.2) is 5.96 Å². The Hall–Kier alpha value is -3.02. The second-order valence-electron chi connectivity index (χ2n) is 7.18. The average Bonchev–Trinajstić information content (AvgIpc) is 3.37. The van der Waals surface area contributed by atoms with Crippen LogP contribution in [-0.4, -0.2) is 53.9 Å². The molecule has 6 nitrogen and oxygen atoms in total. The Kier molecular flexibility index (Phi) is 5.46. The van der Waals surface area contributed by atoms with E-state index in [1.165, 1.54) is 10.9 Å². The monoisotopic (exact) mass is 377 g/mol. The lowest BCUT2D eigenvalue weighted by Crippen LogP contribution is -2.41. The van der Waals surface area contributed by atoms with Crippen LogP contribution in [-0.2, 0) is 7.05 Å². The van der Waals surface area contributed by atoms with Crippen LogP contribution in [0.25, 0.3) is 10.8 Å². The van der Waals surface area contributed by atoms with E-state index in [-0.39, 0.29) is 0 Å². The van der Waals surface area contributed by atoms with Gasteiger partial charge < -0.3 is 15.0 Å². The third kappa shape index (κ3) is 3.96. The molecule has 1 aliphatic rings. The number of aryl methyl sites for hydroxylation is 1. The van der Waals surface area contributed by atoms with E-state index in [9.17, 15) is 0 Å². The SMILES string of the molecule is CN=C(NCCOc1cccc2ccccc12)N1CCC(c2cnn(C)c2)C1. The number of hydrogen-bond acceptors (Lipinski definition) is 3. The van der Waals surface area contributed by atoms with Gasteiger partial charge in [-0.05, 0) is 23.4 Å². The fourth-order valence-electron chi connectivity index (χ4n) is 3.85. The van der Waals surface area contributed by atoms with Crippen LogP contribution in [0.1, 0.15) is 17.9 Å². The molecular formula is C22H27N5O. The Labute approximate surface area is 165 Å². The fraction of sp³-hybridized carbons (Fsp3) is 0.364. The van der Waals surface area contributed by atoms with E-state index in [1.807, 2.05) is 49.2 Å². The third-order valence-electron chi connectivity index (χ3n) is 5.29. The molecule has 0 saturated carbocycles. The highest BCUT2D eigenvalue weighted by atomic mass is 16.5. The van der Waals surface area contributed by atoms with Crippen molar-refractivity contribution >= 4 is 16.7 Å². The zero-order valence-corrected chi connectivity index (χ0v) is 16.5. The molecule has 28 heavy (non-hydrogen) atoms. The van der Waals surface area contributed by atoms with Crippen molar-refractivity contribution in [1.29, 1.82) is 0 Å². The molecule has 0 aliphatic carbocycles. The molecule has 6 heteroatoms. The summed E-state index contributed by atoms with van der Waals surface area (Å²) >= 11 is 0. The predicted octanol–water partition coefficient (Wildman–Crippen LogP) is 3.02. The van der Waals surface area contributed by atoms with E-state index < -0.39 is 0 Å². The lowest BCUT2D eigenvalue weighted by molar-refractivity contribution is 0.323. The number of ether oxygens (including phenoxy) is 1. The Balaban J connectivity index is 1.29. The Morgan fingerprint density at radius 3 is 2.93 bits per heavy atom. The molecule has 2 aromatic carbocycles. The summed E-state index contributed by atoms with van der Waals surface area (Å²) < 4.78 is 7.89. The number of aliphatic imine (C=N–C) groups is 1. The number of likely N-dealkylation sites (tertiary alicyclic amines) is 1. The average molecular weight is 377 g/mol. The Bertz CT molecular complexity index is 959. The maximum atomic E-state index is 6.02. The molecule has 146 valence electrons. The highest BCUT2D eigenvalue weighted by Crippen LogP contribution is 2.27. The van der Waals surface area contributed by atoms with Crippen molar-refractivity contribution in [3.8, 4) is 5.75 Å². The van der Waals surface area contributed by atoms with Crippen LogP contribution < -0.4 is 10.1 Å². The largest absolute Gasteiger partial charge is 0.491 e. The first-order chi connectivity index (χ1) is 13.7. The molecule has 4 rings (SSSR count). The minimum Gasteiger partial charge on any atom is -0.491 e. The molecule has 1 aliphatic heterocycles. The van der Waals surface area contributed by atoms with Gasteiger partial charge in [-0.15, -0.1) is 0 Å². The number of nitrogens with zero attached hydrogens (tertiary/aromatic N) is 4. The standard InChI is InChI=1S/C22H27N5O/c1-23-22(27-12-10-18(16-27)19-14-25-26(2)15-19)24-11-13-28-21-9-5-7-17-6-3-4-8-20(17)21/h3-9,14-15,18H,10-13,16H2,1-2H3,(H,23,24). The van der Waals surface area contributed by atoms with Crippen LogP contribution in [0.4, 0.5) is 0 Å². The quantitative estimate of drug-likeness (QED) is 0.422. The molecule has 3 aromatic rings. The van der Waals surface area contributed by atoms with Crippen molar-refractivity contribution in [3.05, 3.63) is 60.4 Å². The summed E-state index contributed by atoms with van der Waals surface area (Å²) in [7, 11) is 3.80. The maximum absolute atomic E-state index is 6.02. The number of benzene rings is 2. The zero-order chi connectivity index (χ0) is 19.3. The summed E-state index contributed by atoms with van der Waals surface area (Å²) in [6.07, 6.45) is 5.21. The van der Waals surface area contributed by atoms with Gasteiger partial charge in [0, 0.05) is 44.7 Å². The summed E-state index contributed by atoms with van der Waals surface area (Å²) in [4.78, 5) is 6.77. The van der Waals surface area contributed by atoms with Gasteiger partial charge in [0.05, 0.1) is 12.7 Å². The first kappa shape index (κ1) is 18.3. The van der Waals surface area contributed by atoms with Gasteiger partial charge in [0.1, 0.15) is 12.4 Å². The highest BCUT2D eigenvalue weighted by molar-refractivity contribution is 5.88. The van der Waals surface area contributed by atoms with Crippen LogP contribution in [0, 0.1) is 0 Å². The lowest BCUT2D eigenvalue weighted by atomic mass is 10.0. The summed E-state index contributed by atoms with van der Waals surface area (Å²) in [5.41, 5.74) is 1.31. The van der Waals surface area contributed by atoms with Crippen molar-refractivity contribution in [2.24, 2.45) is 12.0 Å². The molecule has 1 N–H and O–H groups in total. The van der Waals surface area contributed by atoms with E-state index in [0.29, 0.717) is 19.1 Å². The number of nitrogens with one attached hydrogen (secondary N) is 1. The Morgan fingerprint density at radius 1 is 1.25 bits per heavy atom. The molecule has 1 aromatic heterocycles. The fourth-order valence-corrected chi connectivity index (χ4v) is 3.85. The molecule has 0 bridgehead atoms. The molecule has 1 atom stereocenters. The van der Waals surface area contributed by atoms with Gasteiger partial charge in [-0.3, -0.25) is 9.67 Å². The van der Waals surface area contributed by atoms with Crippen LogP contribution >= 0.6 is 0 Å². The molecule has 1 fully saturated rings.